The summed E-state index contributed by atoms with van der Waals surface area (Å²) in [6, 6.07) is 3.57. The Kier molecular flexibility index (Phi) is 4.05. The average Bonchev–Trinajstić information content (AvgIpc) is 2.26. The van der Waals surface area contributed by atoms with E-state index in [0.29, 0.717) is 12.2 Å². The molecule has 0 saturated heterocycles. The van der Waals surface area contributed by atoms with Gasteiger partial charge in [-0.2, -0.15) is 0 Å². The molecule has 0 spiro atoms. The van der Waals surface area contributed by atoms with Crippen LogP contribution in [0.25, 0.3) is 0 Å². The molecule has 0 aromatic carbocycles. The van der Waals surface area contributed by atoms with Gasteiger partial charge in [-0.05, 0) is 19.1 Å². The third kappa shape index (κ3) is 3.55. The minimum atomic E-state index is -0.0292. The second-order valence-corrected chi connectivity index (χ2v) is 3.27. The highest BCUT2D eigenvalue weighted by molar-refractivity contribution is 5.93. The summed E-state index contributed by atoms with van der Waals surface area (Å²) in [5.74, 6) is -0.0292. The van der Waals surface area contributed by atoms with E-state index in [1.54, 1.807) is 19.4 Å². The van der Waals surface area contributed by atoms with E-state index in [0.717, 1.165) is 5.69 Å². The first-order valence-corrected chi connectivity index (χ1v) is 4.70. The first-order chi connectivity index (χ1) is 7.13. The summed E-state index contributed by atoms with van der Waals surface area (Å²) in [5, 5.41) is 10.4. The van der Waals surface area contributed by atoms with E-state index in [2.05, 4.69) is 10.3 Å². The number of nitrogens with one attached hydrogen (secondary N) is 2. The average molecular weight is 208 g/mol. The zero-order valence-corrected chi connectivity index (χ0v) is 8.95. The second kappa shape index (κ2) is 5.31. The Morgan fingerprint density at radius 2 is 2.47 bits per heavy atom. The van der Waals surface area contributed by atoms with Crippen molar-refractivity contribution >= 4 is 11.5 Å². The second-order valence-electron chi connectivity index (χ2n) is 3.27. The summed E-state index contributed by atoms with van der Waals surface area (Å²) in [4.78, 5) is 3.97. The predicted molar refractivity (Wildman–Crippen MR) is 60.2 cm³/mol. The third-order valence-electron chi connectivity index (χ3n) is 2.03. The van der Waals surface area contributed by atoms with Gasteiger partial charge in [-0.25, -0.2) is 0 Å². The number of nitrogen functional groups attached to an aromatic ring is 1. The molecule has 4 N–H and O–H groups in total. The Bertz CT molecular complexity index is 340. The van der Waals surface area contributed by atoms with E-state index in [1.165, 1.54) is 0 Å². The molecule has 0 aliphatic heterocycles. The van der Waals surface area contributed by atoms with Crippen LogP contribution in [-0.4, -0.2) is 30.6 Å². The molecule has 82 valence electrons. The van der Waals surface area contributed by atoms with Crippen molar-refractivity contribution in [3.8, 4) is 0 Å². The van der Waals surface area contributed by atoms with Gasteiger partial charge in [0.15, 0.2) is 0 Å². The molecule has 1 heterocycles. The SMILES string of the molecule is COC(C)CNc1ccnc(C(=N)N)c1. The molecule has 0 bridgehead atoms. The smallest absolute Gasteiger partial charge is 0.141 e. The Labute approximate surface area is 89.2 Å². The van der Waals surface area contributed by atoms with E-state index < -0.39 is 0 Å². The fraction of sp³-hybridized carbons (Fsp3) is 0.400. The quantitative estimate of drug-likeness (QED) is 0.494. The highest BCUT2D eigenvalue weighted by Crippen LogP contribution is 2.07. The van der Waals surface area contributed by atoms with E-state index in [-0.39, 0.29) is 11.9 Å². The molecule has 5 heteroatoms. The van der Waals surface area contributed by atoms with Crippen LogP contribution < -0.4 is 11.1 Å². The van der Waals surface area contributed by atoms with Crippen LogP contribution in [-0.2, 0) is 4.74 Å². The molecule has 0 amide bonds. The van der Waals surface area contributed by atoms with Crippen molar-refractivity contribution in [1.29, 1.82) is 5.41 Å². The highest BCUT2D eigenvalue weighted by atomic mass is 16.5. The van der Waals surface area contributed by atoms with Gasteiger partial charge < -0.3 is 15.8 Å². The topological polar surface area (TPSA) is 84.0 Å². The van der Waals surface area contributed by atoms with Gasteiger partial charge in [0.2, 0.25) is 0 Å². The Balaban J connectivity index is 2.62. The predicted octanol–water partition coefficient (Wildman–Crippen LogP) is 0.812. The summed E-state index contributed by atoms with van der Waals surface area (Å²) in [6.07, 6.45) is 1.76. The number of rotatable bonds is 5. The molecule has 5 nitrogen and oxygen atoms in total. The summed E-state index contributed by atoms with van der Waals surface area (Å²) in [7, 11) is 1.67. The number of ether oxygens (including phenoxy) is 1. The molecule has 1 rings (SSSR count). The molecule has 1 aromatic rings. The number of nitrogens with two attached hydrogens (primary N) is 1. The van der Waals surface area contributed by atoms with Gasteiger partial charge in [-0.1, -0.05) is 0 Å². The van der Waals surface area contributed by atoms with Crippen molar-refractivity contribution in [2.45, 2.75) is 13.0 Å². The van der Waals surface area contributed by atoms with Gasteiger partial charge in [0.05, 0.1) is 6.10 Å². The summed E-state index contributed by atoms with van der Waals surface area (Å²) >= 11 is 0. The molecule has 0 saturated carbocycles. The Hall–Kier alpha value is -1.62. The van der Waals surface area contributed by atoms with E-state index >= 15 is 0 Å². The molecule has 1 unspecified atom stereocenters. The third-order valence-corrected chi connectivity index (χ3v) is 2.03. The molecule has 0 aliphatic carbocycles. The Morgan fingerprint density at radius 1 is 1.73 bits per heavy atom. The van der Waals surface area contributed by atoms with Gasteiger partial charge in [0, 0.05) is 25.5 Å². The molecule has 15 heavy (non-hydrogen) atoms. The number of methoxy groups -OCH3 is 1. The fourth-order valence-electron chi connectivity index (χ4n) is 1.03. The number of hydrogen-bond donors (Lipinski definition) is 3. The van der Waals surface area contributed by atoms with Crippen LogP contribution >= 0.6 is 0 Å². The lowest BCUT2D eigenvalue weighted by atomic mass is 10.3. The molecule has 0 aliphatic rings. The van der Waals surface area contributed by atoms with Crippen LogP contribution in [0.3, 0.4) is 0 Å². The maximum Gasteiger partial charge on any atom is 0.141 e. The monoisotopic (exact) mass is 208 g/mol. The number of amidine groups is 1. The first-order valence-electron chi connectivity index (χ1n) is 4.70. The van der Waals surface area contributed by atoms with Gasteiger partial charge in [-0.15, -0.1) is 0 Å². The van der Waals surface area contributed by atoms with Crippen LogP contribution in [0.15, 0.2) is 18.3 Å². The molecular formula is C10H16N4O. The minimum absolute atomic E-state index is 0.0292. The maximum atomic E-state index is 7.25. The number of aromatic nitrogens is 1. The van der Waals surface area contributed by atoms with Crippen molar-refractivity contribution in [2.75, 3.05) is 19.0 Å². The van der Waals surface area contributed by atoms with Crippen LogP contribution in [0.2, 0.25) is 0 Å². The number of nitrogens with zero attached hydrogens (tertiary/aromatic N) is 1. The lowest BCUT2D eigenvalue weighted by Gasteiger charge is -2.12. The summed E-state index contributed by atoms with van der Waals surface area (Å²) in [5.41, 5.74) is 6.70. The van der Waals surface area contributed by atoms with Gasteiger partial charge in [-0.3, -0.25) is 10.4 Å². The summed E-state index contributed by atoms with van der Waals surface area (Å²) in [6.45, 7) is 2.68. The lowest BCUT2D eigenvalue weighted by molar-refractivity contribution is 0.129. The van der Waals surface area contributed by atoms with Gasteiger partial charge >= 0.3 is 0 Å². The fourth-order valence-corrected chi connectivity index (χ4v) is 1.03. The van der Waals surface area contributed by atoms with E-state index in [1.807, 2.05) is 13.0 Å². The van der Waals surface area contributed by atoms with Crippen molar-refractivity contribution in [1.82, 2.24) is 4.98 Å². The van der Waals surface area contributed by atoms with Crippen LogP contribution in [0.4, 0.5) is 5.69 Å². The standard InChI is InChI=1S/C10H16N4O/c1-7(15-2)6-14-8-3-4-13-9(5-8)10(11)12/h3-5,7H,6H2,1-2H3,(H3,11,12)(H,13,14). The maximum absolute atomic E-state index is 7.25. The summed E-state index contributed by atoms with van der Waals surface area (Å²) < 4.78 is 5.10. The molecule has 1 aromatic heterocycles. The zero-order chi connectivity index (χ0) is 11.3. The highest BCUT2D eigenvalue weighted by Gasteiger charge is 2.01. The largest absolute Gasteiger partial charge is 0.382 e. The lowest BCUT2D eigenvalue weighted by Crippen LogP contribution is -2.19. The normalized spacial score (nSPS) is 12.1. The zero-order valence-electron chi connectivity index (χ0n) is 8.95. The van der Waals surface area contributed by atoms with Crippen molar-refractivity contribution < 1.29 is 4.74 Å². The minimum Gasteiger partial charge on any atom is -0.382 e. The van der Waals surface area contributed by atoms with Crippen LogP contribution in [0.1, 0.15) is 12.6 Å². The Morgan fingerprint density at radius 3 is 3.07 bits per heavy atom. The van der Waals surface area contributed by atoms with Crippen molar-refractivity contribution in [3.05, 3.63) is 24.0 Å². The van der Waals surface area contributed by atoms with E-state index in [4.69, 9.17) is 15.9 Å². The molecule has 0 radical (unpaired) electrons. The first kappa shape index (κ1) is 11.5. The number of pyridine rings is 1. The van der Waals surface area contributed by atoms with E-state index in [9.17, 15) is 0 Å². The van der Waals surface area contributed by atoms with Crippen LogP contribution in [0, 0.1) is 5.41 Å². The van der Waals surface area contributed by atoms with Gasteiger partial charge in [0.1, 0.15) is 11.5 Å². The van der Waals surface area contributed by atoms with Crippen molar-refractivity contribution in [2.24, 2.45) is 5.73 Å². The number of hydrogen-bond acceptors (Lipinski definition) is 4. The van der Waals surface area contributed by atoms with Gasteiger partial charge in [0.25, 0.3) is 0 Å². The van der Waals surface area contributed by atoms with Crippen molar-refractivity contribution in [3.63, 3.8) is 0 Å². The molecular weight excluding hydrogens is 192 g/mol. The van der Waals surface area contributed by atoms with Crippen LogP contribution in [0.5, 0.6) is 0 Å². The molecule has 1 atom stereocenters. The molecule has 0 fully saturated rings. The number of anilines is 1.